The Labute approximate surface area is 137 Å². The molecule has 0 aliphatic carbocycles. The van der Waals surface area contributed by atoms with E-state index in [0.29, 0.717) is 18.0 Å². The second-order valence-electron chi connectivity index (χ2n) is 6.67. The molecular weight excluding hydrogens is 288 g/mol. The Hall–Kier alpha value is -2.36. The summed E-state index contributed by atoms with van der Waals surface area (Å²) in [7, 11) is 1.57. The van der Waals surface area contributed by atoms with Crippen molar-refractivity contribution in [3.63, 3.8) is 0 Å². The number of hydrogen-bond acceptors (Lipinski definition) is 3. The van der Waals surface area contributed by atoms with E-state index in [4.69, 9.17) is 4.74 Å². The van der Waals surface area contributed by atoms with Crippen molar-refractivity contribution in [2.75, 3.05) is 18.6 Å². The number of anilines is 1. The highest BCUT2D eigenvalue weighted by Crippen LogP contribution is 2.40. The Morgan fingerprint density at radius 3 is 2.78 bits per heavy atom. The summed E-state index contributed by atoms with van der Waals surface area (Å²) in [6, 6.07) is 9.96. The van der Waals surface area contributed by atoms with E-state index < -0.39 is 0 Å². The van der Waals surface area contributed by atoms with Gasteiger partial charge in [0.15, 0.2) is 5.69 Å². The Balaban J connectivity index is 2.05. The van der Waals surface area contributed by atoms with Gasteiger partial charge in [0.1, 0.15) is 5.75 Å². The van der Waals surface area contributed by atoms with Crippen LogP contribution in [0, 0.1) is 6.92 Å². The van der Waals surface area contributed by atoms with Gasteiger partial charge in [0.05, 0.1) is 7.11 Å². The summed E-state index contributed by atoms with van der Waals surface area (Å²) in [5.41, 5.74) is 3.58. The van der Waals surface area contributed by atoms with Crippen molar-refractivity contribution in [1.82, 2.24) is 4.98 Å². The van der Waals surface area contributed by atoms with Gasteiger partial charge in [-0.15, -0.1) is 0 Å². The Bertz CT molecular complexity index is 753. The first-order valence-corrected chi connectivity index (χ1v) is 7.86. The van der Waals surface area contributed by atoms with E-state index in [2.05, 4.69) is 24.9 Å². The summed E-state index contributed by atoms with van der Waals surface area (Å²) in [4.78, 5) is 19.2. The van der Waals surface area contributed by atoms with Gasteiger partial charge in [-0.1, -0.05) is 32.0 Å². The minimum Gasteiger partial charge on any atom is -0.494 e. The number of aromatic nitrogens is 1. The third-order valence-electron chi connectivity index (χ3n) is 4.54. The maximum atomic E-state index is 13.0. The van der Waals surface area contributed by atoms with Crippen LogP contribution in [0.2, 0.25) is 0 Å². The van der Waals surface area contributed by atoms with Crippen LogP contribution < -0.4 is 9.64 Å². The standard InChI is InChI=1S/C19H22N2O2/c1-13-11-16(23-4)17(20-12-13)18(22)21-10-9-19(2,3)14-7-5-6-8-15(14)21/h5-8,11-12H,9-10H2,1-4H3. The molecule has 0 unspecified atom stereocenters. The van der Waals surface area contributed by atoms with Gasteiger partial charge >= 0.3 is 0 Å². The van der Waals surface area contributed by atoms with E-state index in [1.165, 1.54) is 5.56 Å². The van der Waals surface area contributed by atoms with Gasteiger partial charge in [0.2, 0.25) is 0 Å². The highest BCUT2D eigenvalue weighted by molar-refractivity contribution is 6.07. The lowest BCUT2D eigenvalue weighted by Gasteiger charge is -2.39. The first-order chi connectivity index (χ1) is 10.9. The number of ether oxygens (including phenoxy) is 1. The molecule has 0 saturated carbocycles. The molecule has 1 aromatic heterocycles. The van der Waals surface area contributed by atoms with Crippen LogP contribution in [0.15, 0.2) is 36.5 Å². The van der Waals surface area contributed by atoms with Crippen molar-refractivity contribution in [3.05, 3.63) is 53.3 Å². The van der Waals surface area contributed by atoms with Crippen molar-refractivity contribution >= 4 is 11.6 Å². The van der Waals surface area contributed by atoms with E-state index in [1.54, 1.807) is 13.3 Å². The molecule has 4 heteroatoms. The monoisotopic (exact) mass is 310 g/mol. The molecule has 0 spiro atoms. The predicted molar refractivity (Wildman–Crippen MR) is 91.3 cm³/mol. The van der Waals surface area contributed by atoms with E-state index >= 15 is 0 Å². The Kier molecular flexibility index (Phi) is 3.84. The lowest BCUT2D eigenvalue weighted by Crippen LogP contribution is -2.41. The van der Waals surface area contributed by atoms with Crippen LogP contribution in [0.3, 0.4) is 0 Å². The van der Waals surface area contributed by atoms with Crippen molar-refractivity contribution in [2.45, 2.75) is 32.6 Å². The van der Waals surface area contributed by atoms with Crippen LogP contribution in [-0.4, -0.2) is 24.5 Å². The molecule has 0 fully saturated rings. The van der Waals surface area contributed by atoms with Crippen molar-refractivity contribution in [1.29, 1.82) is 0 Å². The molecule has 2 aromatic rings. The fourth-order valence-electron chi connectivity index (χ4n) is 3.13. The van der Waals surface area contributed by atoms with Crippen LogP contribution in [0.25, 0.3) is 0 Å². The van der Waals surface area contributed by atoms with Crippen LogP contribution in [0.1, 0.15) is 41.9 Å². The lowest BCUT2D eigenvalue weighted by molar-refractivity contribution is 0.0974. The Morgan fingerprint density at radius 1 is 1.30 bits per heavy atom. The number of amides is 1. The summed E-state index contributed by atoms with van der Waals surface area (Å²) in [5, 5.41) is 0. The number of benzene rings is 1. The van der Waals surface area contributed by atoms with Crippen molar-refractivity contribution in [2.24, 2.45) is 0 Å². The third-order valence-corrected chi connectivity index (χ3v) is 4.54. The SMILES string of the molecule is COc1cc(C)cnc1C(=O)N1CCC(C)(C)c2ccccc21. The quantitative estimate of drug-likeness (QED) is 0.849. The number of para-hydroxylation sites is 1. The fraction of sp³-hybridized carbons (Fsp3) is 0.368. The van der Waals surface area contributed by atoms with Crippen LogP contribution in [-0.2, 0) is 5.41 Å². The van der Waals surface area contributed by atoms with Crippen LogP contribution in [0.5, 0.6) is 5.75 Å². The summed E-state index contributed by atoms with van der Waals surface area (Å²) >= 11 is 0. The number of fused-ring (bicyclic) bond motifs is 1. The average Bonchev–Trinajstić information content (AvgIpc) is 2.54. The van der Waals surface area contributed by atoms with E-state index in [9.17, 15) is 4.79 Å². The van der Waals surface area contributed by atoms with Crippen LogP contribution >= 0.6 is 0 Å². The largest absolute Gasteiger partial charge is 0.494 e. The molecule has 0 bridgehead atoms. The number of nitrogens with zero attached hydrogens (tertiary/aromatic N) is 2. The fourth-order valence-corrected chi connectivity index (χ4v) is 3.13. The maximum Gasteiger partial charge on any atom is 0.280 e. The highest BCUT2D eigenvalue weighted by Gasteiger charge is 2.34. The minimum atomic E-state index is -0.107. The summed E-state index contributed by atoms with van der Waals surface area (Å²) < 4.78 is 5.36. The smallest absolute Gasteiger partial charge is 0.280 e. The summed E-state index contributed by atoms with van der Waals surface area (Å²) in [6.45, 7) is 7.06. The second-order valence-corrected chi connectivity index (χ2v) is 6.67. The first-order valence-electron chi connectivity index (χ1n) is 7.86. The van der Waals surface area contributed by atoms with Crippen LogP contribution in [0.4, 0.5) is 5.69 Å². The predicted octanol–water partition coefficient (Wildman–Crippen LogP) is 3.73. The zero-order chi connectivity index (χ0) is 16.6. The zero-order valence-corrected chi connectivity index (χ0v) is 14.1. The average molecular weight is 310 g/mol. The topological polar surface area (TPSA) is 42.4 Å². The summed E-state index contributed by atoms with van der Waals surface area (Å²) in [6.07, 6.45) is 2.62. The van der Waals surface area contributed by atoms with Gasteiger partial charge in [-0.05, 0) is 42.0 Å². The second kappa shape index (κ2) is 5.69. The molecule has 3 rings (SSSR count). The molecule has 2 heterocycles. The number of pyridine rings is 1. The maximum absolute atomic E-state index is 13.0. The molecule has 1 aliphatic heterocycles. The normalized spacial score (nSPS) is 15.9. The molecular formula is C19H22N2O2. The molecule has 120 valence electrons. The minimum absolute atomic E-state index is 0.0676. The van der Waals surface area contributed by atoms with Gasteiger partial charge in [-0.25, -0.2) is 4.98 Å². The zero-order valence-electron chi connectivity index (χ0n) is 14.1. The molecule has 1 aromatic carbocycles. The molecule has 0 N–H and O–H groups in total. The number of aryl methyl sites for hydroxylation is 1. The van der Waals surface area contributed by atoms with Crippen molar-refractivity contribution < 1.29 is 9.53 Å². The number of carbonyl (C=O) groups is 1. The van der Waals surface area contributed by atoms with Crippen molar-refractivity contribution in [3.8, 4) is 5.75 Å². The lowest BCUT2D eigenvalue weighted by atomic mass is 9.77. The molecule has 4 nitrogen and oxygen atoms in total. The molecule has 0 radical (unpaired) electrons. The molecule has 0 atom stereocenters. The van der Waals surface area contributed by atoms with Gasteiger partial charge in [-0.2, -0.15) is 0 Å². The van der Waals surface area contributed by atoms with E-state index in [1.807, 2.05) is 36.1 Å². The van der Waals surface area contributed by atoms with E-state index in [-0.39, 0.29) is 11.3 Å². The molecule has 0 saturated heterocycles. The van der Waals surface area contributed by atoms with Gasteiger partial charge in [0.25, 0.3) is 5.91 Å². The van der Waals surface area contributed by atoms with Gasteiger partial charge < -0.3 is 9.64 Å². The Morgan fingerprint density at radius 2 is 2.04 bits per heavy atom. The van der Waals surface area contributed by atoms with Gasteiger partial charge in [0, 0.05) is 18.4 Å². The number of rotatable bonds is 2. The van der Waals surface area contributed by atoms with Gasteiger partial charge in [-0.3, -0.25) is 4.79 Å². The first kappa shape index (κ1) is 15.5. The van der Waals surface area contributed by atoms with E-state index in [0.717, 1.165) is 17.7 Å². The summed E-state index contributed by atoms with van der Waals surface area (Å²) in [5.74, 6) is 0.419. The number of hydrogen-bond donors (Lipinski definition) is 0. The molecule has 1 amide bonds. The molecule has 23 heavy (non-hydrogen) atoms. The number of methoxy groups -OCH3 is 1. The number of carbonyl (C=O) groups excluding carboxylic acids is 1. The highest BCUT2D eigenvalue weighted by atomic mass is 16.5. The molecule has 1 aliphatic rings. The third kappa shape index (κ3) is 2.69.